The first-order chi connectivity index (χ1) is 51.2. The average Bonchev–Trinajstić information content (AvgIpc) is 1.73. The second-order valence-electron chi connectivity index (χ2n) is 29.5. The third-order valence-corrected chi connectivity index (χ3v) is 21.6. The van der Waals surface area contributed by atoms with E-state index in [9.17, 15) is 55.1 Å². The van der Waals surface area contributed by atoms with Crippen molar-refractivity contribution in [1.29, 1.82) is 0 Å². The van der Waals surface area contributed by atoms with Crippen LogP contribution in [0, 0.1) is 23.5 Å². The predicted molar refractivity (Wildman–Crippen MR) is 380 cm³/mol. The van der Waals surface area contributed by atoms with Gasteiger partial charge in [0.25, 0.3) is 0 Å². The van der Waals surface area contributed by atoms with Crippen molar-refractivity contribution >= 4 is 70.9 Å². The number of ether oxygens (including phenoxy) is 2. The molecule has 2 saturated carbocycles. The molecule has 4 fully saturated rings. The second kappa shape index (κ2) is 37.7. The van der Waals surface area contributed by atoms with Crippen LogP contribution in [-0.4, -0.2) is 277 Å². The molecule has 34 heteroatoms. The van der Waals surface area contributed by atoms with Gasteiger partial charge in [-0.1, -0.05) is 64.3 Å². The van der Waals surface area contributed by atoms with Gasteiger partial charge in [0.2, 0.25) is 70.9 Å². The summed E-state index contributed by atoms with van der Waals surface area (Å²) in [6.45, 7) is 4.35. The number of rotatable bonds is 15. The molecule has 3 aliphatic heterocycles. The Hall–Kier alpha value is -8.82. The van der Waals surface area contributed by atoms with E-state index in [-0.39, 0.29) is 70.4 Å². The number of amides is 12. The monoisotopic (exact) mass is 1550 g/mol. The Morgan fingerprint density at radius 2 is 1.31 bits per heavy atom. The van der Waals surface area contributed by atoms with Crippen molar-refractivity contribution in [3.8, 4) is 0 Å². The lowest BCUT2D eigenvalue weighted by molar-refractivity contribution is -0.158. The number of fused-ring (bicyclic) bond motifs is 3. The van der Waals surface area contributed by atoms with Gasteiger partial charge < -0.3 is 69.5 Å². The van der Waals surface area contributed by atoms with E-state index in [1.807, 2.05) is 6.92 Å². The number of likely N-dealkylation sites (N-methyl/N-ethyl adjacent to an activating group) is 7. The fourth-order valence-corrected chi connectivity index (χ4v) is 14.9. The standard InChI is InChI=1S/C75H104F8N12O14/c1-13-34-108-43-57-64(99)85-62(44(4)14-2)70(105)89(8)42-60(98)90(9)53-24-17-16-20-33-94(69(53)104)56(37-45-25-28-48(29-26-45)74(78,79)80)68(103)88(7)41-58(96)84-52(30-27-46-35-50(76)61(51(77)36-46)75(81,82)83)66(101)95-40-49(109-15-3)38-54(95)65(100)86-73(31-21-32-73)72(107)93(12)63(47-22-18-19-23-47)71(106)92(11)55(67(102)87(5)6)39-59(97)91(57)10/h16-17,25-26,28-29,35-36,44,47,49,52-57,62-63H,13-15,18-24,27,30-34,37-43H2,1-12H3,(H,84,96)(H,85,99)(H,86,100)/b17-16-/t44-,49+,52-,53-,54-,55-,56-,57-,62-,63-/m0/s1. The fourth-order valence-electron chi connectivity index (χ4n) is 14.9. The summed E-state index contributed by atoms with van der Waals surface area (Å²) in [5.74, 6) is -15.5. The van der Waals surface area contributed by atoms with Gasteiger partial charge >= 0.3 is 12.4 Å². The van der Waals surface area contributed by atoms with Crippen molar-refractivity contribution in [2.24, 2.45) is 11.8 Å². The predicted octanol–water partition coefficient (Wildman–Crippen LogP) is 5.12. The molecule has 7 rings (SSSR count). The van der Waals surface area contributed by atoms with Crippen LogP contribution in [0.2, 0.25) is 0 Å². The molecule has 2 aromatic rings. The number of halogens is 8. The SMILES string of the molecule is CCCOC[C@H]1C(=O)N[C@@H]([C@@H](C)CC)C(=O)N(C)CC(=O)N(C)[C@H]2C/C=C\CCN(C2=O)[C@@H](Cc2ccc(C(F)(F)F)cc2)C(=O)N(C)CC(=O)N[C@@H](CCc2cc(F)c(C(F)(F)F)c(F)c2)C(=O)N2C[C@H](OCC)C[C@H]2C(=O)NC2(CCC2)C(=O)N(C)[C@@H](C2CCCC2)C(=O)N(C)[C@H](C(=O)N(C)C)CC(=O)N1C. The Morgan fingerprint density at radius 1 is 0.679 bits per heavy atom. The summed E-state index contributed by atoms with van der Waals surface area (Å²) < 4.78 is 126. The van der Waals surface area contributed by atoms with Crippen LogP contribution in [0.1, 0.15) is 140 Å². The molecule has 5 aliphatic rings. The van der Waals surface area contributed by atoms with Crippen molar-refractivity contribution < 1.29 is 102 Å². The first kappa shape index (κ1) is 87.4. The third-order valence-electron chi connectivity index (χ3n) is 21.6. The maximum absolute atomic E-state index is 15.5. The number of hydrogen-bond acceptors (Lipinski definition) is 14. The molecule has 1 spiro atoms. The maximum Gasteiger partial charge on any atom is 0.422 e. The van der Waals surface area contributed by atoms with E-state index in [0.717, 1.165) is 65.6 Å². The molecule has 2 saturated heterocycles. The minimum Gasteiger partial charge on any atom is -0.379 e. The number of benzene rings is 2. The molecule has 604 valence electrons. The average molecular weight is 1550 g/mol. The normalized spacial score (nSPS) is 25.9. The zero-order valence-electron chi connectivity index (χ0n) is 64.0. The molecule has 2 bridgehead atoms. The van der Waals surface area contributed by atoms with Crippen molar-refractivity contribution in [2.45, 2.75) is 203 Å². The van der Waals surface area contributed by atoms with Crippen LogP contribution in [0.3, 0.4) is 0 Å². The summed E-state index contributed by atoms with van der Waals surface area (Å²) in [6, 6.07) is -7.67. The van der Waals surface area contributed by atoms with E-state index in [2.05, 4.69) is 16.0 Å². The molecule has 12 amide bonds. The Morgan fingerprint density at radius 3 is 1.88 bits per heavy atom. The van der Waals surface area contributed by atoms with E-state index in [1.54, 1.807) is 32.9 Å². The van der Waals surface area contributed by atoms with Crippen LogP contribution in [-0.2, 0) is 92.2 Å². The zero-order chi connectivity index (χ0) is 80.9. The Labute approximate surface area is 630 Å². The maximum atomic E-state index is 15.5. The number of nitrogens with one attached hydrogen (secondary N) is 3. The second-order valence-corrected chi connectivity index (χ2v) is 29.5. The Kier molecular flexibility index (Phi) is 30.3. The van der Waals surface area contributed by atoms with Crippen LogP contribution in [0.15, 0.2) is 48.6 Å². The van der Waals surface area contributed by atoms with E-state index in [1.165, 1.54) is 59.1 Å². The van der Waals surface area contributed by atoms with Gasteiger partial charge in [0.1, 0.15) is 71.1 Å². The van der Waals surface area contributed by atoms with E-state index in [4.69, 9.17) is 9.47 Å². The summed E-state index contributed by atoms with van der Waals surface area (Å²) in [5.41, 5.74) is -5.27. The summed E-state index contributed by atoms with van der Waals surface area (Å²) in [7, 11) is 10.5. The minimum atomic E-state index is -5.46. The lowest BCUT2D eigenvalue weighted by Crippen LogP contribution is -2.68. The number of aryl methyl sites for hydroxylation is 1. The van der Waals surface area contributed by atoms with E-state index in [0.29, 0.717) is 50.7 Å². The van der Waals surface area contributed by atoms with Crippen LogP contribution in [0.5, 0.6) is 0 Å². The fraction of sp³-hybridized carbons (Fsp3) is 0.653. The molecule has 2 aromatic carbocycles. The van der Waals surface area contributed by atoms with Crippen molar-refractivity contribution in [1.82, 2.24) is 60.0 Å². The topological polar surface area (TPSA) is 289 Å². The van der Waals surface area contributed by atoms with Crippen LogP contribution >= 0.6 is 0 Å². The van der Waals surface area contributed by atoms with Crippen molar-refractivity contribution in [2.75, 3.05) is 102 Å². The van der Waals surface area contributed by atoms with Crippen molar-refractivity contribution in [3.05, 3.63) is 82.4 Å². The van der Waals surface area contributed by atoms with Crippen LogP contribution in [0.4, 0.5) is 35.1 Å². The van der Waals surface area contributed by atoms with Gasteiger partial charge in [0, 0.05) is 95.5 Å². The molecular formula is C75H104F8N12O14. The smallest absolute Gasteiger partial charge is 0.379 e. The highest BCUT2D eigenvalue weighted by atomic mass is 19.4. The molecule has 109 heavy (non-hydrogen) atoms. The number of nitrogens with zero attached hydrogens (tertiary/aromatic N) is 9. The molecule has 3 heterocycles. The molecular weight excluding hydrogens is 1440 g/mol. The largest absolute Gasteiger partial charge is 0.422 e. The van der Waals surface area contributed by atoms with Gasteiger partial charge in [0.05, 0.1) is 37.8 Å². The number of alkyl halides is 6. The summed E-state index contributed by atoms with van der Waals surface area (Å²) in [6.07, 6.45) is -7.20. The van der Waals surface area contributed by atoms with Gasteiger partial charge in [-0.05, 0) is 118 Å². The zero-order valence-corrected chi connectivity index (χ0v) is 64.0. The highest BCUT2D eigenvalue weighted by Gasteiger charge is 2.54. The summed E-state index contributed by atoms with van der Waals surface area (Å²) in [4.78, 5) is 190. The third kappa shape index (κ3) is 21.2. The van der Waals surface area contributed by atoms with E-state index < -0.39 is 229 Å². The highest BCUT2D eigenvalue weighted by molar-refractivity contribution is 6.01. The summed E-state index contributed by atoms with van der Waals surface area (Å²) in [5, 5.41) is 8.20. The highest BCUT2D eigenvalue weighted by Crippen LogP contribution is 2.40. The molecule has 0 radical (unpaired) electrons. The van der Waals surface area contributed by atoms with Crippen molar-refractivity contribution in [3.63, 3.8) is 0 Å². The van der Waals surface area contributed by atoms with E-state index >= 15 is 37.5 Å². The number of carbonyl (C=O) groups excluding carboxylic acids is 12. The quantitative estimate of drug-likeness (QED) is 0.119. The molecule has 3 N–H and O–H groups in total. The van der Waals surface area contributed by atoms with Crippen LogP contribution < -0.4 is 16.0 Å². The summed E-state index contributed by atoms with van der Waals surface area (Å²) >= 11 is 0. The molecule has 2 aliphatic carbocycles. The first-order valence-corrected chi connectivity index (χ1v) is 37.1. The molecule has 26 nitrogen and oxygen atoms in total. The number of hydrogen-bond donors (Lipinski definition) is 3. The number of carbonyl (C=O) groups is 12. The van der Waals surface area contributed by atoms with Gasteiger partial charge in [-0.25, -0.2) is 8.78 Å². The lowest BCUT2D eigenvalue weighted by atomic mass is 9.74. The van der Waals surface area contributed by atoms with Gasteiger partial charge in [-0.2, -0.15) is 26.3 Å². The first-order valence-electron chi connectivity index (χ1n) is 37.1. The minimum absolute atomic E-state index is 0.0256. The molecule has 0 unspecified atom stereocenters. The Balaban J connectivity index is 1.35. The van der Waals surface area contributed by atoms with Crippen LogP contribution in [0.25, 0.3) is 0 Å². The Bertz CT molecular complexity index is 3640. The molecule has 0 aromatic heterocycles. The lowest BCUT2D eigenvalue weighted by Gasteiger charge is -2.46. The van der Waals surface area contributed by atoms with Gasteiger partial charge in [-0.3, -0.25) is 57.5 Å². The van der Waals surface area contributed by atoms with Gasteiger partial charge in [-0.15, -0.1) is 0 Å². The van der Waals surface area contributed by atoms with Gasteiger partial charge in [0.15, 0.2) is 0 Å². The molecule has 10 atom stereocenters.